The van der Waals surface area contributed by atoms with Crippen LogP contribution in [-0.2, 0) is 25.1 Å². The SMILES string of the molecule is CCCCS(=O)CC(COC(C)C)OC(=O)CSc1nc(-c2ccccc2)cc(-c2ccccc2)c1C#N. The molecule has 0 N–H and O–H groups in total. The predicted octanol–water partition coefficient (Wildman–Crippen LogP) is 6.26. The maximum absolute atomic E-state index is 12.9. The summed E-state index contributed by atoms with van der Waals surface area (Å²) in [5.41, 5.74) is 3.70. The van der Waals surface area contributed by atoms with Crippen LogP contribution in [0, 0.1) is 11.3 Å². The van der Waals surface area contributed by atoms with Gasteiger partial charge in [-0.05, 0) is 31.9 Å². The Morgan fingerprint density at radius 3 is 2.34 bits per heavy atom. The molecule has 2 aromatic carbocycles. The lowest BCUT2D eigenvalue weighted by Gasteiger charge is -2.19. The number of carbonyl (C=O) groups is 1. The number of hydrogen-bond donors (Lipinski definition) is 0. The van der Waals surface area contributed by atoms with Crippen LogP contribution in [0.4, 0.5) is 0 Å². The third-order valence-electron chi connectivity index (χ3n) is 5.59. The van der Waals surface area contributed by atoms with Crippen LogP contribution in [0.1, 0.15) is 39.2 Å². The Kier molecular flexibility index (Phi) is 12.0. The molecular formula is C30H34N2O4S2. The summed E-state index contributed by atoms with van der Waals surface area (Å²) in [5.74, 6) is 0.322. The molecular weight excluding hydrogens is 516 g/mol. The molecule has 0 spiro atoms. The van der Waals surface area contributed by atoms with Crippen molar-refractivity contribution in [2.45, 2.75) is 50.8 Å². The molecule has 1 heterocycles. The van der Waals surface area contributed by atoms with E-state index in [1.807, 2.05) is 87.5 Å². The Bertz CT molecular complexity index is 1240. The van der Waals surface area contributed by atoms with Gasteiger partial charge in [0.1, 0.15) is 17.2 Å². The lowest BCUT2D eigenvalue weighted by Crippen LogP contribution is -2.31. The Balaban J connectivity index is 1.82. The van der Waals surface area contributed by atoms with E-state index in [1.165, 1.54) is 11.8 Å². The summed E-state index contributed by atoms with van der Waals surface area (Å²) in [4.78, 5) is 17.6. The fraction of sp³-hybridized carbons (Fsp3) is 0.367. The topological polar surface area (TPSA) is 89.3 Å². The van der Waals surface area contributed by atoms with Crippen molar-refractivity contribution in [3.63, 3.8) is 0 Å². The minimum atomic E-state index is -1.09. The van der Waals surface area contributed by atoms with Gasteiger partial charge in [-0.25, -0.2) is 4.98 Å². The highest BCUT2D eigenvalue weighted by Gasteiger charge is 2.21. The summed E-state index contributed by atoms with van der Waals surface area (Å²) < 4.78 is 23.8. The van der Waals surface area contributed by atoms with E-state index in [1.54, 1.807) is 0 Å². The second kappa shape index (κ2) is 15.4. The van der Waals surface area contributed by atoms with Crippen molar-refractivity contribution in [3.05, 3.63) is 72.3 Å². The number of aromatic nitrogens is 1. The third kappa shape index (κ3) is 9.09. The van der Waals surface area contributed by atoms with E-state index in [0.717, 1.165) is 29.5 Å². The summed E-state index contributed by atoms with van der Waals surface area (Å²) in [7, 11) is -1.09. The van der Waals surface area contributed by atoms with Gasteiger partial charge in [-0.3, -0.25) is 9.00 Å². The fourth-order valence-electron chi connectivity index (χ4n) is 3.70. The number of rotatable bonds is 14. The molecule has 0 saturated carbocycles. The van der Waals surface area contributed by atoms with Crippen LogP contribution >= 0.6 is 11.8 Å². The molecule has 0 radical (unpaired) electrons. The molecule has 38 heavy (non-hydrogen) atoms. The van der Waals surface area contributed by atoms with Gasteiger partial charge >= 0.3 is 5.97 Å². The summed E-state index contributed by atoms with van der Waals surface area (Å²) in [6.07, 6.45) is 1.19. The maximum atomic E-state index is 12.9. The van der Waals surface area contributed by atoms with Gasteiger partial charge in [0.25, 0.3) is 0 Å². The van der Waals surface area contributed by atoms with Crippen LogP contribution < -0.4 is 0 Å². The average molecular weight is 551 g/mol. The number of unbranched alkanes of at least 4 members (excludes halogenated alkanes) is 1. The molecule has 0 saturated heterocycles. The minimum Gasteiger partial charge on any atom is -0.458 e. The third-order valence-corrected chi connectivity index (χ3v) is 8.03. The highest BCUT2D eigenvalue weighted by atomic mass is 32.2. The number of hydrogen-bond acceptors (Lipinski definition) is 7. The van der Waals surface area contributed by atoms with Crippen molar-refractivity contribution in [2.24, 2.45) is 0 Å². The monoisotopic (exact) mass is 550 g/mol. The zero-order chi connectivity index (χ0) is 27.3. The first kappa shape index (κ1) is 29.6. The van der Waals surface area contributed by atoms with Gasteiger partial charge in [0.15, 0.2) is 0 Å². The molecule has 0 aliphatic carbocycles. The number of nitriles is 1. The summed E-state index contributed by atoms with van der Waals surface area (Å²) >= 11 is 1.17. The molecule has 3 rings (SSSR count). The number of benzene rings is 2. The van der Waals surface area contributed by atoms with Gasteiger partial charge < -0.3 is 9.47 Å². The number of pyridine rings is 1. The molecule has 3 aromatic rings. The van der Waals surface area contributed by atoms with Crippen molar-refractivity contribution in [1.82, 2.24) is 4.98 Å². The van der Waals surface area contributed by atoms with E-state index >= 15 is 0 Å². The Labute approximate surface area is 232 Å². The molecule has 2 atom stereocenters. The first-order valence-electron chi connectivity index (χ1n) is 12.8. The first-order valence-corrected chi connectivity index (χ1v) is 15.2. The van der Waals surface area contributed by atoms with E-state index in [0.29, 0.717) is 22.0 Å². The van der Waals surface area contributed by atoms with Crippen LogP contribution in [0.3, 0.4) is 0 Å². The molecule has 8 heteroatoms. The smallest absolute Gasteiger partial charge is 0.316 e. The van der Waals surface area contributed by atoms with E-state index in [9.17, 15) is 14.3 Å². The quantitative estimate of drug-likeness (QED) is 0.173. The van der Waals surface area contributed by atoms with Crippen LogP contribution in [0.5, 0.6) is 0 Å². The number of thioether (sulfide) groups is 1. The number of carbonyl (C=O) groups excluding carboxylic acids is 1. The Morgan fingerprint density at radius 2 is 1.74 bits per heavy atom. The second-order valence-electron chi connectivity index (χ2n) is 9.03. The molecule has 1 aromatic heterocycles. The zero-order valence-electron chi connectivity index (χ0n) is 22.1. The number of nitrogens with zero attached hydrogens (tertiary/aromatic N) is 2. The van der Waals surface area contributed by atoms with Crippen LogP contribution in [0.2, 0.25) is 0 Å². The molecule has 0 fully saturated rings. The lowest BCUT2D eigenvalue weighted by molar-refractivity contribution is -0.148. The van der Waals surface area contributed by atoms with Crippen molar-refractivity contribution >= 4 is 28.5 Å². The Morgan fingerprint density at radius 1 is 1.08 bits per heavy atom. The molecule has 2 unspecified atom stereocenters. The van der Waals surface area contributed by atoms with E-state index in [2.05, 4.69) is 6.07 Å². The highest BCUT2D eigenvalue weighted by molar-refractivity contribution is 8.00. The number of esters is 1. The summed E-state index contributed by atoms with van der Waals surface area (Å²) in [5, 5.41) is 10.5. The van der Waals surface area contributed by atoms with Gasteiger partial charge in [-0.2, -0.15) is 5.26 Å². The first-order chi connectivity index (χ1) is 18.4. The van der Waals surface area contributed by atoms with Crippen molar-refractivity contribution in [1.29, 1.82) is 5.26 Å². The lowest BCUT2D eigenvalue weighted by atomic mass is 9.99. The highest BCUT2D eigenvalue weighted by Crippen LogP contribution is 2.34. The minimum absolute atomic E-state index is 0.0332. The van der Waals surface area contributed by atoms with E-state index in [4.69, 9.17) is 14.5 Å². The van der Waals surface area contributed by atoms with Crippen molar-refractivity contribution < 1.29 is 18.5 Å². The second-order valence-corrected chi connectivity index (χ2v) is 11.6. The van der Waals surface area contributed by atoms with Gasteiger partial charge in [0.05, 0.1) is 35.5 Å². The normalized spacial score (nSPS) is 12.6. The predicted molar refractivity (Wildman–Crippen MR) is 154 cm³/mol. The van der Waals surface area contributed by atoms with Crippen molar-refractivity contribution in [2.75, 3.05) is 23.9 Å². The molecule has 0 amide bonds. The maximum Gasteiger partial charge on any atom is 0.316 e. The molecule has 0 aliphatic rings. The van der Waals surface area contributed by atoms with Crippen LogP contribution in [-0.4, -0.2) is 51.2 Å². The zero-order valence-corrected chi connectivity index (χ0v) is 23.7. The summed E-state index contributed by atoms with van der Waals surface area (Å²) in [6.45, 7) is 6.05. The number of ether oxygens (including phenoxy) is 2. The van der Waals surface area contributed by atoms with E-state index in [-0.39, 0.29) is 24.2 Å². The standard InChI is InChI=1S/C30H34N2O4S2/c1-4-5-16-38(34)21-25(19-35-22(2)3)36-29(33)20-37-30-27(18-31)26(23-12-8-6-9-13-23)17-28(32-30)24-14-10-7-11-15-24/h6-15,17,22,25H,4-5,16,19-21H2,1-3H3. The van der Waals surface area contributed by atoms with Gasteiger partial charge in [-0.1, -0.05) is 85.8 Å². The van der Waals surface area contributed by atoms with Crippen molar-refractivity contribution in [3.8, 4) is 28.5 Å². The van der Waals surface area contributed by atoms with E-state index < -0.39 is 22.9 Å². The van der Waals surface area contributed by atoms with Gasteiger partial charge in [-0.15, -0.1) is 0 Å². The molecule has 0 bridgehead atoms. The van der Waals surface area contributed by atoms with Gasteiger partial charge in [0.2, 0.25) is 0 Å². The van der Waals surface area contributed by atoms with Crippen LogP contribution in [0.25, 0.3) is 22.4 Å². The Hall–Kier alpha value is -2.99. The molecule has 0 aliphatic heterocycles. The van der Waals surface area contributed by atoms with Gasteiger partial charge in [0, 0.05) is 27.7 Å². The molecule has 200 valence electrons. The molecule has 6 nitrogen and oxygen atoms in total. The average Bonchev–Trinajstić information content (AvgIpc) is 2.94. The van der Waals surface area contributed by atoms with Crippen LogP contribution in [0.15, 0.2) is 71.8 Å². The summed E-state index contributed by atoms with van der Waals surface area (Å²) in [6, 6.07) is 23.6. The fourth-order valence-corrected chi connectivity index (χ4v) is 5.84. The largest absolute Gasteiger partial charge is 0.458 e.